The molecule has 2 atom stereocenters. The van der Waals surface area contributed by atoms with Gasteiger partial charge in [-0.3, -0.25) is 0 Å². The second-order valence-electron chi connectivity index (χ2n) is 2.78. The summed E-state index contributed by atoms with van der Waals surface area (Å²) in [4.78, 5) is 15.6. The molecule has 0 aromatic heterocycles. The van der Waals surface area contributed by atoms with Gasteiger partial charge < -0.3 is 15.1 Å². The van der Waals surface area contributed by atoms with E-state index in [0.717, 1.165) is 5.06 Å². The molecular weight excluding hydrogens is 174 g/mol. The lowest BCUT2D eigenvalue weighted by Crippen LogP contribution is -2.41. The second-order valence-corrected chi connectivity index (χ2v) is 2.78. The minimum atomic E-state index is -1.07. The number of aliphatic hydroxyl groups excluding tert-OH is 2. The number of carbonyl (C=O) groups excluding carboxylic acids is 1. The molecule has 0 aromatic carbocycles. The van der Waals surface area contributed by atoms with Crippen LogP contribution in [0.5, 0.6) is 0 Å². The van der Waals surface area contributed by atoms with Crippen LogP contribution in [0.2, 0.25) is 0 Å². The maximum Gasteiger partial charge on any atom is 0.352 e. The summed E-state index contributed by atoms with van der Waals surface area (Å²) >= 11 is 0. The summed E-state index contributed by atoms with van der Waals surface area (Å²) in [6.07, 6.45) is -2.13. The maximum absolute atomic E-state index is 11.0. The Balaban J connectivity index is 4.27. The highest BCUT2D eigenvalue weighted by atomic mass is 16.7. The Kier molecular flexibility index (Phi) is 4.61. The van der Waals surface area contributed by atoms with Crippen LogP contribution in [0.15, 0.2) is 12.2 Å². The van der Waals surface area contributed by atoms with E-state index >= 15 is 0 Å². The van der Waals surface area contributed by atoms with E-state index in [1.807, 2.05) is 0 Å². The van der Waals surface area contributed by atoms with Gasteiger partial charge in [-0.1, -0.05) is 11.6 Å². The number of hydroxylamine groups is 2. The smallest absolute Gasteiger partial charge is 0.352 e. The zero-order valence-corrected chi connectivity index (χ0v) is 8.02. The van der Waals surface area contributed by atoms with Crippen molar-refractivity contribution < 1.29 is 19.8 Å². The quantitative estimate of drug-likeness (QED) is 0.370. The fraction of sp³-hybridized carbons (Fsp3) is 0.625. The Bertz CT molecular complexity index is 192. The molecule has 0 amide bonds. The third-order valence-corrected chi connectivity index (χ3v) is 1.27. The average molecular weight is 189 g/mol. The van der Waals surface area contributed by atoms with Crippen molar-refractivity contribution in [1.29, 1.82) is 0 Å². The molecule has 2 N–H and O–H groups in total. The Morgan fingerprint density at radius 2 is 1.77 bits per heavy atom. The van der Waals surface area contributed by atoms with E-state index in [1.54, 1.807) is 0 Å². The van der Waals surface area contributed by atoms with Crippen molar-refractivity contribution in [2.45, 2.75) is 33.2 Å². The lowest BCUT2D eigenvalue weighted by atomic mass is 10.4. The van der Waals surface area contributed by atoms with Crippen molar-refractivity contribution in [3.8, 4) is 0 Å². The zero-order valence-electron chi connectivity index (χ0n) is 8.02. The second kappa shape index (κ2) is 4.96. The van der Waals surface area contributed by atoms with Gasteiger partial charge in [-0.15, -0.1) is 0 Å². The molecule has 0 heterocycles. The van der Waals surface area contributed by atoms with Crippen molar-refractivity contribution in [3.63, 3.8) is 0 Å². The van der Waals surface area contributed by atoms with Crippen molar-refractivity contribution in [2.24, 2.45) is 0 Å². The van der Waals surface area contributed by atoms with Gasteiger partial charge in [0.25, 0.3) is 0 Å². The topological polar surface area (TPSA) is 70.0 Å². The molecule has 0 saturated carbocycles. The highest BCUT2D eigenvalue weighted by Crippen LogP contribution is 2.05. The fourth-order valence-electron chi connectivity index (χ4n) is 0.638. The lowest BCUT2D eigenvalue weighted by Gasteiger charge is -2.25. The van der Waals surface area contributed by atoms with Gasteiger partial charge in [0.2, 0.25) is 0 Å². The molecule has 0 saturated heterocycles. The van der Waals surface area contributed by atoms with Gasteiger partial charge in [0.05, 0.1) is 0 Å². The van der Waals surface area contributed by atoms with Crippen LogP contribution in [0.3, 0.4) is 0 Å². The Morgan fingerprint density at radius 1 is 1.38 bits per heavy atom. The van der Waals surface area contributed by atoms with Gasteiger partial charge in [0.1, 0.15) is 12.5 Å². The van der Waals surface area contributed by atoms with Crippen molar-refractivity contribution >= 4 is 5.97 Å². The van der Waals surface area contributed by atoms with Gasteiger partial charge in [-0.05, 0) is 20.8 Å². The molecule has 0 aliphatic heterocycles. The number of aliphatic hydroxyl groups is 2. The highest BCUT2D eigenvalue weighted by Gasteiger charge is 2.21. The first-order valence-electron chi connectivity index (χ1n) is 3.88. The summed E-state index contributed by atoms with van der Waals surface area (Å²) in [6.45, 7) is 7.59. The molecule has 5 nitrogen and oxygen atoms in total. The van der Waals surface area contributed by atoms with Crippen molar-refractivity contribution in [2.75, 3.05) is 0 Å². The van der Waals surface area contributed by atoms with E-state index < -0.39 is 18.4 Å². The van der Waals surface area contributed by atoms with E-state index in [-0.39, 0.29) is 5.57 Å². The molecule has 5 heteroatoms. The number of nitrogens with zero attached hydrogens (tertiary/aromatic N) is 1. The van der Waals surface area contributed by atoms with Crippen LogP contribution in [0.25, 0.3) is 0 Å². The standard InChI is InChI=1S/C8H15NO4/c1-5(2)8(12)13-9(6(3)10)7(4)11/h6-7,10-11H,1H2,2-4H3. The van der Waals surface area contributed by atoms with Gasteiger partial charge in [0.15, 0.2) is 0 Å². The molecule has 0 fully saturated rings. The third-order valence-electron chi connectivity index (χ3n) is 1.27. The number of hydrogen-bond donors (Lipinski definition) is 2. The van der Waals surface area contributed by atoms with Crippen molar-refractivity contribution in [1.82, 2.24) is 5.06 Å². The van der Waals surface area contributed by atoms with Crippen LogP contribution >= 0.6 is 0 Å². The molecule has 0 radical (unpaired) electrons. The highest BCUT2D eigenvalue weighted by molar-refractivity contribution is 5.86. The Labute approximate surface area is 77.2 Å². The van der Waals surface area contributed by atoms with Crippen LogP contribution < -0.4 is 0 Å². The molecule has 2 unspecified atom stereocenters. The Hall–Kier alpha value is -0.910. The van der Waals surface area contributed by atoms with Gasteiger partial charge in [-0.2, -0.15) is 0 Å². The first kappa shape index (κ1) is 12.1. The van der Waals surface area contributed by atoms with Crippen LogP contribution in [-0.4, -0.2) is 33.7 Å². The lowest BCUT2D eigenvalue weighted by molar-refractivity contribution is -0.273. The fourth-order valence-corrected chi connectivity index (χ4v) is 0.638. The minimum Gasteiger partial charge on any atom is -0.375 e. The monoisotopic (exact) mass is 189 g/mol. The zero-order chi connectivity index (χ0) is 10.6. The Morgan fingerprint density at radius 3 is 2.00 bits per heavy atom. The first-order chi connectivity index (χ1) is 5.86. The molecule has 0 spiro atoms. The van der Waals surface area contributed by atoms with E-state index in [0.29, 0.717) is 0 Å². The summed E-state index contributed by atoms with van der Waals surface area (Å²) in [7, 11) is 0. The van der Waals surface area contributed by atoms with E-state index in [1.165, 1.54) is 20.8 Å². The molecule has 0 aliphatic carbocycles. The van der Waals surface area contributed by atoms with Crippen LogP contribution in [0.4, 0.5) is 0 Å². The summed E-state index contributed by atoms with van der Waals surface area (Å²) in [5, 5.41) is 18.9. The molecule has 76 valence electrons. The molecular formula is C8H15NO4. The van der Waals surface area contributed by atoms with Crippen LogP contribution in [0.1, 0.15) is 20.8 Å². The van der Waals surface area contributed by atoms with E-state index in [4.69, 9.17) is 10.2 Å². The minimum absolute atomic E-state index is 0.200. The van der Waals surface area contributed by atoms with Crippen molar-refractivity contribution in [3.05, 3.63) is 12.2 Å². The summed E-state index contributed by atoms with van der Waals surface area (Å²) < 4.78 is 0. The number of carbonyl (C=O) groups is 1. The van der Waals surface area contributed by atoms with Crippen LogP contribution in [0, 0.1) is 0 Å². The molecule has 0 bridgehead atoms. The van der Waals surface area contributed by atoms with Gasteiger partial charge >= 0.3 is 5.97 Å². The number of rotatable bonds is 4. The van der Waals surface area contributed by atoms with E-state index in [9.17, 15) is 4.79 Å². The van der Waals surface area contributed by atoms with Gasteiger partial charge in [0, 0.05) is 5.57 Å². The largest absolute Gasteiger partial charge is 0.375 e. The maximum atomic E-state index is 11.0. The predicted molar refractivity (Wildman–Crippen MR) is 46.1 cm³/mol. The summed E-state index contributed by atoms with van der Waals surface area (Å²) in [6, 6.07) is 0. The number of hydrogen-bond acceptors (Lipinski definition) is 5. The predicted octanol–water partition coefficient (Wildman–Crippen LogP) is -0.000700. The third kappa shape index (κ3) is 4.02. The molecule has 0 rings (SSSR count). The average Bonchev–Trinajstić information content (AvgIpc) is 1.97. The first-order valence-corrected chi connectivity index (χ1v) is 3.88. The SMILES string of the molecule is C=C(C)C(=O)ON(C(C)O)C(C)O. The van der Waals surface area contributed by atoms with Crippen LogP contribution in [-0.2, 0) is 9.63 Å². The molecule has 0 aromatic rings. The molecule has 0 aliphatic rings. The molecule has 13 heavy (non-hydrogen) atoms. The van der Waals surface area contributed by atoms with Gasteiger partial charge in [-0.25, -0.2) is 4.79 Å². The summed E-state index contributed by atoms with van der Waals surface area (Å²) in [5.74, 6) is -0.679. The normalized spacial score (nSPS) is 15.2. The summed E-state index contributed by atoms with van der Waals surface area (Å²) in [5.41, 5.74) is 0.200. The van der Waals surface area contributed by atoms with E-state index in [2.05, 4.69) is 11.4 Å².